The lowest BCUT2D eigenvalue weighted by molar-refractivity contribution is -0.137. The van der Waals surface area contributed by atoms with E-state index in [4.69, 9.17) is 14.2 Å². The normalized spacial score (nSPS) is 16.3. The largest absolute Gasteiger partial charge is 0.485 e. The van der Waals surface area contributed by atoms with E-state index in [0.29, 0.717) is 17.2 Å². The number of nitrogens with one attached hydrogen (secondary N) is 2. The molecule has 3 rings (SSSR count). The standard InChI is InChI=1S/C19H20N2O5/c1-12-7-9-14(10-8-12)25-13(2)18(22)20-21-19(23)17-11-24-15-5-3-4-6-16(15)26-17/h3-10,13,17H,11H2,1-2H3,(H,20,22)(H,21,23). The van der Waals surface area contributed by atoms with Crippen LogP contribution >= 0.6 is 0 Å². The van der Waals surface area contributed by atoms with Gasteiger partial charge in [0.05, 0.1) is 0 Å². The predicted octanol–water partition coefficient (Wildman–Crippen LogP) is 1.75. The molecule has 0 fully saturated rings. The maximum Gasteiger partial charge on any atom is 0.283 e. The minimum Gasteiger partial charge on any atom is -0.485 e. The van der Waals surface area contributed by atoms with Gasteiger partial charge < -0.3 is 14.2 Å². The number of fused-ring (bicyclic) bond motifs is 1. The topological polar surface area (TPSA) is 85.9 Å². The molecule has 0 spiro atoms. The van der Waals surface area contributed by atoms with Gasteiger partial charge in [-0.05, 0) is 38.1 Å². The number of ether oxygens (including phenoxy) is 3. The first-order chi connectivity index (χ1) is 12.5. The summed E-state index contributed by atoms with van der Waals surface area (Å²) in [6, 6.07) is 14.4. The molecule has 2 aromatic carbocycles. The number of carbonyl (C=O) groups is 2. The van der Waals surface area contributed by atoms with Crippen LogP contribution in [0.4, 0.5) is 0 Å². The average molecular weight is 356 g/mol. The summed E-state index contributed by atoms with van der Waals surface area (Å²) < 4.78 is 16.6. The van der Waals surface area contributed by atoms with Crippen molar-refractivity contribution in [3.63, 3.8) is 0 Å². The van der Waals surface area contributed by atoms with Crippen molar-refractivity contribution in [3.05, 3.63) is 54.1 Å². The highest BCUT2D eigenvalue weighted by atomic mass is 16.6. The molecule has 0 aromatic heterocycles. The molecule has 26 heavy (non-hydrogen) atoms. The monoisotopic (exact) mass is 356 g/mol. The maximum absolute atomic E-state index is 12.2. The van der Waals surface area contributed by atoms with Crippen LogP contribution in [0.2, 0.25) is 0 Å². The van der Waals surface area contributed by atoms with E-state index in [0.717, 1.165) is 5.56 Å². The van der Waals surface area contributed by atoms with Crippen molar-refractivity contribution in [2.45, 2.75) is 26.1 Å². The van der Waals surface area contributed by atoms with E-state index in [1.54, 1.807) is 37.3 Å². The molecule has 2 N–H and O–H groups in total. The number of hydrogen-bond donors (Lipinski definition) is 2. The Bertz CT molecular complexity index is 791. The summed E-state index contributed by atoms with van der Waals surface area (Å²) in [5.41, 5.74) is 5.77. The minimum absolute atomic E-state index is 0.0636. The molecule has 2 unspecified atom stereocenters. The van der Waals surface area contributed by atoms with Crippen LogP contribution in [0.1, 0.15) is 12.5 Å². The Balaban J connectivity index is 1.48. The number of hydrogen-bond acceptors (Lipinski definition) is 5. The summed E-state index contributed by atoms with van der Waals surface area (Å²) in [6.45, 7) is 3.62. The average Bonchev–Trinajstić information content (AvgIpc) is 2.67. The highest BCUT2D eigenvalue weighted by Crippen LogP contribution is 2.30. The van der Waals surface area contributed by atoms with Crippen molar-refractivity contribution >= 4 is 11.8 Å². The quantitative estimate of drug-likeness (QED) is 0.815. The maximum atomic E-state index is 12.2. The molecular weight excluding hydrogens is 336 g/mol. The van der Waals surface area contributed by atoms with Gasteiger partial charge in [-0.3, -0.25) is 20.4 Å². The second-order valence-electron chi connectivity index (χ2n) is 5.92. The highest BCUT2D eigenvalue weighted by molar-refractivity contribution is 5.86. The van der Waals surface area contributed by atoms with Crippen LogP contribution < -0.4 is 25.1 Å². The van der Waals surface area contributed by atoms with Crippen molar-refractivity contribution in [2.24, 2.45) is 0 Å². The Morgan fingerprint density at radius 1 is 1.08 bits per heavy atom. The van der Waals surface area contributed by atoms with E-state index < -0.39 is 24.0 Å². The van der Waals surface area contributed by atoms with Crippen LogP contribution in [-0.2, 0) is 9.59 Å². The van der Waals surface area contributed by atoms with E-state index in [-0.39, 0.29) is 6.61 Å². The smallest absolute Gasteiger partial charge is 0.283 e. The van der Waals surface area contributed by atoms with Crippen LogP contribution in [0, 0.1) is 6.92 Å². The number of hydrazine groups is 1. The molecule has 1 aliphatic heterocycles. The SMILES string of the molecule is Cc1ccc(OC(C)C(=O)NNC(=O)C2COc3ccccc3O2)cc1. The van der Waals surface area contributed by atoms with Crippen LogP contribution in [0.15, 0.2) is 48.5 Å². The molecule has 0 radical (unpaired) electrons. The van der Waals surface area contributed by atoms with Crippen LogP contribution in [0.5, 0.6) is 17.2 Å². The fraction of sp³-hybridized carbons (Fsp3) is 0.263. The Hall–Kier alpha value is -3.22. The van der Waals surface area contributed by atoms with Gasteiger partial charge in [-0.15, -0.1) is 0 Å². The second kappa shape index (κ2) is 7.77. The van der Waals surface area contributed by atoms with Gasteiger partial charge in [0, 0.05) is 0 Å². The molecule has 2 aromatic rings. The minimum atomic E-state index is -0.849. The molecule has 1 aliphatic rings. The summed E-state index contributed by atoms with van der Waals surface area (Å²) in [5.74, 6) is 0.665. The molecule has 0 saturated carbocycles. The van der Waals surface area contributed by atoms with Crippen molar-refractivity contribution in [1.29, 1.82) is 0 Å². The van der Waals surface area contributed by atoms with Gasteiger partial charge in [0.15, 0.2) is 17.6 Å². The zero-order valence-corrected chi connectivity index (χ0v) is 14.5. The number of rotatable bonds is 4. The molecule has 0 saturated heterocycles. The number of benzene rings is 2. The predicted molar refractivity (Wildman–Crippen MR) is 93.9 cm³/mol. The fourth-order valence-corrected chi connectivity index (χ4v) is 2.33. The lowest BCUT2D eigenvalue weighted by Gasteiger charge is -2.25. The van der Waals surface area contributed by atoms with Crippen LogP contribution in [0.25, 0.3) is 0 Å². The molecule has 1 heterocycles. The third-order valence-electron chi connectivity index (χ3n) is 3.81. The van der Waals surface area contributed by atoms with Gasteiger partial charge in [0.1, 0.15) is 12.4 Å². The Kier molecular flexibility index (Phi) is 5.26. The van der Waals surface area contributed by atoms with Gasteiger partial charge in [-0.1, -0.05) is 29.8 Å². The van der Waals surface area contributed by atoms with E-state index in [1.165, 1.54) is 0 Å². The molecular formula is C19H20N2O5. The van der Waals surface area contributed by atoms with E-state index in [1.807, 2.05) is 25.1 Å². The van der Waals surface area contributed by atoms with E-state index in [2.05, 4.69) is 10.9 Å². The van der Waals surface area contributed by atoms with Crippen molar-refractivity contribution in [1.82, 2.24) is 10.9 Å². The van der Waals surface area contributed by atoms with Gasteiger partial charge in [-0.25, -0.2) is 0 Å². The summed E-state index contributed by atoms with van der Waals surface area (Å²) in [5, 5.41) is 0. The molecule has 0 aliphatic carbocycles. The summed E-state index contributed by atoms with van der Waals surface area (Å²) in [7, 11) is 0. The molecule has 7 nitrogen and oxygen atoms in total. The van der Waals surface area contributed by atoms with Crippen molar-refractivity contribution in [3.8, 4) is 17.2 Å². The molecule has 7 heteroatoms. The van der Waals surface area contributed by atoms with Crippen molar-refractivity contribution < 1.29 is 23.8 Å². The number of carbonyl (C=O) groups excluding carboxylic acids is 2. The first-order valence-electron chi connectivity index (χ1n) is 8.24. The Labute approximate surface area is 151 Å². The summed E-state index contributed by atoms with van der Waals surface area (Å²) in [4.78, 5) is 24.2. The van der Waals surface area contributed by atoms with Gasteiger partial charge in [-0.2, -0.15) is 0 Å². The van der Waals surface area contributed by atoms with Gasteiger partial charge in [0.25, 0.3) is 11.8 Å². The number of amides is 2. The summed E-state index contributed by atoms with van der Waals surface area (Å²) in [6.07, 6.45) is -1.62. The molecule has 2 amide bonds. The fourth-order valence-electron chi connectivity index (χ4n) is 2.33. The highest BCUT2D eigenvalue weighted by Gasteiger charge is 2.28. The third kappa shape index (κ3) is 4.24. The van der Waals surface area contributed by atoms with Gasteiger partial charge in [0.2, 0.25) is 6.10 Å². The lowest BCUT2D eigenvalue weighted by atomic mass is 10.2. The second-order valence-corrected chi connectivity index (χ2v) is 5.92. The van der Waals surface area contributed by atoms with Gasteiger partial charge >= 0.3 is 0 Å². The molecule has 0 bridgehead atoms. The lowest BCUT2D eigenvalue weighted by Crippen LogP contribution is -2.53. The van der Waals surface area contributed by atoms with E-state index >= 15 is 0 Å². The zero-order valence-electron chi connectivity index (χ0n) is 14.5. The Morgan fingerprint density at radius 2 is 1.77 bits per heavy atom. The first kappa shape index (κ1) is 17.6. The number of para-hydroxylation sites is 2. The number of aryl methyl sites for hydroxylation is 1. The molecule has 136 valence electrons. The summed E-state index contributed by atoms with van der Waals surface area (Å²) >= 11 is 0. The van der Waals surface area contributed by atoms with Crippen LogP contribution in [-0.4, -0.2) is 30.6 Å². The Morgan fingerprint density at radius 3 is 2.50 bits per heavy atom. The van der Waals surface area contributed by atoms with E-state index in [9.17, 15) is 9.59 Å². The van der Waals surface area contributed by atoms with Crippen LogP contribution in [0.3, 0.4) is 0 Å². The first-order valence-corrected chi connectivity index (χ1v) is 8.24. The van der Waals surface area contributed by atoms with Crippen molar-refractivity contribution in [2.75, 3.05) is 6.61 Å². The third-order valence-corrected chi connectivity index (χ3v) is 3.81. The zero-order chi connectivity index (χ0) is 18.5. The molecule has 2 atom stereocenters.